The molecule has 1 aromatic carbocycles. The van der Waals surface area contributed by atoms with E-state index in [0.29, 0.717) is 13.0 Å². The van der Waals surface area contributed by atoms with E-state index < -0.39 is 6.10 Å². The highest BCUT2D eigenvalue weighted by molar-refractivity contribution is 5.27. The molecule has 0 radical (unpaired) electrons. The second-order valence-corrected chi connectivity index (χ2v) is 4.19. The van der Waals surface area contributed by atoms with Crippen molar-refractivity contribution in [3.8, 4) is 0 Å². The molecule has 0 bridgehead atoms. The normalized spacial score (nSPS) is 13.1. The van der Waals surface area contributed by atoms with Gasteiger partial charge in [-0.25, -0.2) is 0 Å². The molecule has 1 aromatic rings. The summed E-state index contributed by atoms with van der Waals surface area (Å²) >= 11 is 0. The third-order valence-corrected chi connectivity index (χ3v) is 2.81. The van der Waals surface area contributed by atoms with Crippen LogP contribution in [0.2, 0.25) is 0 Å². The molecule has 0 aliphatic rings. The van der Waals surface area contributed by atoms with Crippen LogP contribution in [0.5, 0.6) is 0 Å². The van der Waals surface area contributed by atoms with Crippen LogP contribution >= 0.6 is 0 Å². The van der Waals surface area contributed by atoms with Crippen molar-refractivity contribution < 1.29 is 10.2 Å². The largest absolute Gasteiger partial charge is 0.395 e. The van der Waals surface area contributed by atoms with Crippen molar-refractivity contribution in [2.45, 2.75) is 19.4 Å². The fourth-order valence-corrected chi connectivity index (χ4v) is 1.74. The lowest BCUT2D eigenvalue weighted by atomic mass is 10.0. The number of nitrogens with zero attached hydrogens (tertiary/aromatic N) is 1. The van der Waals surface area contributed by atoms with E-state index in [1.165, 1.54) is 0 Å². The van der Waals surface area contributed by atoms with Gasteiger partial charge in [-0.15, -0.1) is 0 Å². The van der Waals surface area contributed by atoms with Gasteiger partial charge in [0, 0.05) is 13.1 Å². The molecule has 0 spiro atoms. The Morgan fingerprint density at radius 1 is 1.25 bits per heavy atom. The first-order valence-electron chi connectivity index (χ1n) is 5.68. The van der Waals surface area contributed by atoms with Crippen molar-refractivity contribution in [3.05, 3.63) is 35.4 Å². The van der Waals surface area contributed by atoms with E-state index in [1.54, 1.807) is 0 Å². The van der Waals surface area contributed by atoms with Crippen LogP contribution in [0.25, 0.3) is 0 Å². The van der Waals surface area contributed by atoms with Gasteiger partial charge in [-0.05, 0) is 31.5 Å². The van der Waals surface area contributed by atoms with Crippen molar-refractivity contribution >= 4 is 0 Å². The number of rotatable bonds is 6. The average Bonchev–Trinajstić information content (AvgIpc) is 2.27. The van der Waals surface area contributed by atoms with Crippen molar-refractivity contribution in [2.75, 3.05) is 26.7 Å². The highest BCUT2D eigenvalue weighted by Crippen LogP contribution is 2.20. The number of hydrogen-bond acceptors (Lipinski definition) is 3. The molecule has 0 fully saturated rings. The SMILES string of the molecule is Cc1ccccc1C(O)CCN(C)CCO. The lowest BCUT2D eigenvalue weighted by Gasteiger charge is -2.18. The number of likely N-dealkylation sites (N-methyl/N-ethyl adjacent to an activating group) is 1. The lowest BCUT2D eigenvalue weighted by molar-refractivity contribution is 0.140. The van der Waals surface area contributed by atoms with Gasteiger partial charge < -0.3 is 15.1 Å². The smallest absolute Gasteiger partial charge is 0.0804 e. The molecule has 3 nitrogen and oxygen atoms in total. The summed E-state index contributed by atoms with van der Waals surface area (Å²) in [5, 5.41) is 18.8. The molecule has 1 atom stereocenters. The Kier molecular flexibility index (Phi) is 5.46. The molecule has 0 aliphatic carbocycles. The highest BCUT2D eigenvalue weighted by atomic mass is 16.3. The fourth-order valence-electron chi connectivity index (χ4n) is 1.74. The Bertz CT molecular complexity index is 315. The first-order chi connectivity index (χ1) is 7.65. The summed E-state index contributed by atoms with van der Waals surface area (Å²) in [6.07, 6.45) is 0.281. The molecule has 0 heterocycles. The Morgan fingerprint density at radius 2 is 1.94 bits per heavy atom. The van der Waals surface area contributed by atoms with E-state index in [0.717, 1.165) is 17.7 Å². The van der Waals surface area contributed by atoms with E-state index in [9.17, 15) is 5.11 Å². The Morgan fingerprint density at radius 3 is 2.56 bits per heavy atom. The zero-order chi connectivity index (χ0) is 12.0. The zero-order valence-electron chi connectivity index (χ0n) is 10.1. The summed E-state index contributed by atoms with van der Waals surface area (Å²) in [5.41, 5.74) is 2.12. The van der Waals surface area contributed by atoms with Crippen LogP contribution in [0.4, 0.5) is 0 Å². The average molecular weight is 223 g/mol. The van der Waals surface area contributed by atoms with E-state index in [2.05, 4.69) is 0 Å². The van der Waals surface area contributed by atoms with Crippen molar-refractivity contribution in [1.29, 1.82) is 0 Å². The number of aliphatic hydroxyl groups is 2. The van der Waals surface area contributed by atoms with Gasteiger partial charge in [0.25, 0.3) is 0 Å². The molecule has 90 valence electrons. The summed E-state index contributed by atoms with van der Waals surface area (Å²) < 4.78 is 0. The van der Waals surface area contributed by atoms with Crippen LogP contribution in [0, 0.1) is 6.92 Å². The molecule has 1 unspecified atom stereocenters. The number of aryl methyl sites for hydroxylation is 1. The highest BCUT2D eigenvalue weighted by Gasteiger charge is 2.10. The summed E-state index contributed by atoms with van der Waals surface area (Å²) in [6, 6.07) is 7.90. The van der Waals surface area contributed by atoms with E-state index in [1.807, 2.05) is 43.1 Å². The van der Waals surface area contributed by atoms with Gasteiger partial charge in [0.15, 0.2) is 0 Å². The molecule has 0 saturated heterocycles. The zero-order valence-corrected chi connectivity index (χ0v) is 10.1. The van der Waals surface area contributed by atoms with Crippen LogP contribution < -0.4 is 0 Å². The molecule has 2 N–H and O–H groups in total. The molecule has 0 amide bonds. The first-order valence-corrected chi connectivity index (χ1v) is 5.68. The summed E-state index contributed by atoms with van der Waals surface area (Å²) in [6.45, 7) is 3.61. The maximum absolute atomic E-state index is 10.0. The van der Waals surface area contributed by atoms with Gasteiger partial charge in [-0.2, -0.15) is 0 Å². The molecule has 0 aliphatic heterocycles. The quantitative estimate of drug-likeness (QED) is 0.765. The minimum atomic E-state index is -0.414. The fraction of sp³-hybridized carbons (Fsp3) is 0.538. The van der Waals surface area contributed by atoms with Crippen molar-refractivity contribution in [3.63, 3.8) is 0 Å². The van der Waals surface area contributed by atoms with Gasteiger partial charge in [0.05, 0.1) is 12.7 Å². The third kappa shape index (κ3) is 3.93. The molecule has 1 rings (SSSR count). The predicted molar refractivity (Wildman–Crippen MR) is 65.3 cm³/mol. The number of benzene rings is 1. The second kappa shape index (κ2) is 6.63. The van der Waals surface area contributed by atoms with E-state index >= 15 is 0 Å². The standard InChI is InChI=1S/C13H21NO2/c1-11-5-3-4-6-12(11)13(16)7-8-14(2)9-10-15/h3-6,13,15-16H,7-10H2,1-2H3. The van der Waals surface area contributed by atoms with Crippen LogP contribution in [-0.2, 0) is 0 Å². The van der Waals surface area contributed by atoms with Crippen LogP contribution in [-0.4, -0.2) is 41.9 Å². The predicted octanol–water partition coefficient (Wildman–Crippen LogP) is 1.34. The summed E-state index contributed by atoms with van der Waals surface area (Å²) in [4.78, 5) is 2.02. The van der Waals surface area contributed by atoms with E-state index in [4.69, 9.17) is 5.11 Å². The van der Waals surface area contributed by atoms with Crippen molar-refractivity contribution in [1.82, 2.24) is 4.90 Å². The minimum absolute atomic E-state index is 0.164. The molecule has 0 aromatic heterocycles. The first kappa shape index (κ1) is 13.2. The Hall–Kier alpha value is -0.900. The number of aliphatic hydroxyl groups excluding tert-OH is 2. The van der Waals surface area contributed by atoms with Crippen LogP contribution in [0.1, 0.15) is 23.7 Å². The Labute approximate surface area is 97.3 Å². The van der Waals surface area contributed by atoms with Gasteiger partial charge in [-0.1, -0.05) is 24.3 Å². The molecule has 16 heavy (non-hydrogen) atoms. The molecule has 3 heteroatoms. The minimum Gasteiger partial charge on any atom is -0.395 e. The molecular formula is C13H21NO2. The third-order valence-electron chi connectivity index (χ3n) is 2.81. The van der Waals surface area contributed by atoms with Gasteiger partial charge in [0.2, 0.25) is 0 Å². The van der Waals surface area contributed by atoms with Gasteiger partial charge in [-0.3, -0.25) is 0 Å². The second-order valence-electron chi connectivity index (χ2n) is 4.19. The van der Waals surface area contributed by atoms with Gasteiger partial charge >= 0.3 is 0 Å². The topological polar surface area (TPSA) is 43.7 Å². The van der Waals surface area contributed by atoms with Crippen LogP contribution in [0.3, 0.4) is 0 Å². The lowest BCUT2D eigenvalue weighted by Crippen LogP contribution is -2.24. The summed E-state index contributed by atoms with van der Waals surface area (Å²) in [5.74, 6) is 0. The molecule has 0 saturated carbocycles. The maximum atomic E-state index is 10.0. The summed E-state index contributed by atoms with van der Waals surface area (Å²) in [7, 11) is 1.95. The number of hydrogen-bond donors (Lipinski definition) is 2. The van der Waals surface area contributed by atoms with Gasteiger partial charge in [0.1, 0.15) is 0 Å². The van der Waals surface area contributed by atoms with E-state index in [-0.39, 0.29) is 6.61 Å². The maximum Gasteiger partial charge on any atom is 0.0804 e. The Balaban J connectivity index is 2.46. The molecular weight excluding hydrogens is 202 g/mol. The monoisotopic (exact) mass is 223 g/mol. The van der Waals surface area contributed by atoms with Crippen molar-refractivity contribution in [2.24, 2.45) is 0 Å². The van der Waals surface area contributed by atoms with Crippen LogP contribution in [0.15, 0.2) is 24.3 Å².